The fourth-order valence-corrected chi connectivity index (χ4v) is 3.55. The van der Waals surface area contributed by atoms with Crippen LogP contribution in [0.5, 0.6) is 0 Å². The summed E-state index contributed by atoms with van der Waals surface area (Å²) < 4.78 is 27.6. The molecule has 2 fully saturated rings. The van der Waals surface area contributed by atoms with Gasteiger partial charge in [0.15, 0.2) is 18.5 Å². The molecule has 146 valence electrons. The molecule has 1 saturated carbocycles. The number of esters is 3. The summed E-state index contributed by atoms with van der Waals surface area (Å²) in [6, 6.07) is 8.56. The molecule has 1 unspecified atom stereocenters. The van der Waals surface area contributed by atoms with Crippen LogP contribution in [-0.2, 0) is 33.3 Å². The predicted molar refractivity (Wildman–Crippen MR) is 90.6 cm³/mol. The summed E-state index contributed by atoms with van der Waals surface area (Å²) in [5.74, 6) is -1.62. The lowest BCUT2D eigenvalue weighted by Gasteiger charge is -2.47. The van der Waals surface area contributed by atoms with Gasteiger partial charge in [-0.15, -0.1) is 0 Å². The van der Waals surface area contributed by atoms with Gasteiger partial charge in [-0.05, 0) is 25.0 Å². The highest BCUT2D eigenvalue weighted by atomic mass is 16.7. The number of carbonyl (C=O) groups is 3. The Balaban J connectivity index is 1.83. The van der Waals surface area contributed by atoms with E-state index in [9.17, 15) is 14.4 Å². The van der Waals surface area contributed by atoms with Crippen molar-refractivity contribution in [1.29, 1.82) is 0 Å². The Kier molecular flexibility index (Phi) is 5.48. The van der Waals surface area contributed by atoms with Gasteiger partial charge < -0.3 is 23.7 Å². The van der Waals surface area contributed by atoms with Crippen LogP contribution in [0.25, 0.3) is 0 Å². The number of hydrogen-bond donors (Lipinski definition) is 0. The quantitative estimate of drug-likeness (QED) is 0.563. The number of methoxy groups -OCH3 is 1. The number of rotatable bonds is 5. The van der Waals surface area contributed by atoms with Crippen LogP contribution in [0.3, 0.4) is 0 Å². The molecule has 8 heteroatoms. The summed E-state index contributed by atoms with van der Waals surface area (Å²) in [5.41, 5.74) is -0.710. The molecule has 1 aliphatic carbocycles. The zero-order chi connectivity index (χ0) is 19.6. The van der Waals surface area contributed by atoms with Crippen LogP contribution in [0.2, 0.25) is 0 Å². The van der Waals surface area contributed by atoms with Gasteiger partial charge in [-0.3, -0.25) is 9.59 Å². The van der Waals surface area contributed by atoms with E-state index in [4.69, 9.17) is 23.7 Å². The van der Waals surface area contributed by atoms with Crippen molar-refractivity contribution in [3.63, 3.8) is 0 Å². The van der Waals surface area contributed by atoms with Crippen LogP contribution in [0.15, 0.2) is 30.3 Å². The molecule has 1 saturated heterocycles. The Labute approximate surface area is 156 Å². The van der Waals surface area contributed by atoms with Crippen LogP contribution >= 0.6 is 0 Å². The minimum absolute atomic E-state index is 0.404. The molecule has 0 amide bonds. The molecule has 0 bridgehead atoms. The van der Waals surface area contributed by atoms with E-state index < -0.39 is 48.1 Å². The first-order valence-electron chi connectivity index (χ1n) is 8.68. The number of benzene rings is 1. The standard InChI is InChI=1S/C19H22O8/c1-11(20)24-15-16(25-12(2)21)19(27-18(15)23-3)10-9-14(19)26-17(22)13-7-5-4-6-8-13/h4-8,14-16,18H,9-10H2,1-3H3/t14-,15?,16+,18+,19+/m0/s1. The summed E-state index contributed by atoms with van der Waals surface area (Å²) in [5, 5.41) is 0. The van der Waals surface area contributed by atoms with Crippen LogP contribution < -0.4 is 0 Å². The molecule has 8 nitrogen and oxygen atoms in total. The minimum Gasteiger partial charge on any atom is -0.456 e. The normalized spacial score (nSPS) is 31.8. The zero-order valence-corrected chi connectivity index (χ0v) is 15.4. The van der Waals surface area contributed by atoms with Crippen molar-refractivity contribution in [3.8, 4) is 0 Å². The molecule has 0 radical (unpaired) electrons. The maximum absolute atomic E-state index is 12.4. The van der Waals surface area contributed by atoms with Crippen molar-refractivity contribution in [2.24, 2.45) is 0 Å². The van der Waals surface area contributed by atoms with E-state index in [1.165, 1.54) is 21.0 Å². The summed E-state index contributed by atoms with van der Waals surface area (Å²) >= 11 is 0. The van der Waals surface area contributed by atoms with E-state index in [0.717, 1.165) is 0 Å². The first-order chi connectivity index (χ1) is 12.9. The van der Waals surface area contributed by atoms with Gasteiger partial charge in [0, 0.05) is 21.0 Å². The Morgan fingerprint density at radius 3 is 2.22 bits per heavy atom. The van der Waals surface area contributed by atoms with Gasteiger partial charge in [0.2, 0.25) is 0 Å². The lowest BCUT2D eigenvalue weighted by molar-refractivity contribution is -0.245. The Bertz CT molecular complexity index is 718. The third kappa shape index (κ3) is 3.68. The third-order valence-corrected chi connectivity index (χ3v) is 4.81. The van der Waals surface area contributed by atoms with Crippen LogP contribution in [0.1, 0.15) is 37.0 Å². The van der Waals surface area contributed by atoms with E-state index in [0.29, 0.717) is 18.4 Å². The summed E-state index contributed by atoms with van der Waals surface area (Å²) in [4.78, 5) is 35.6. The molecule has 3 rings (SSSR count). The molecule has 1 spiro atoms. The maximum Gasteiger partial charge on any atom is 0.338 e. The molecule has 1 heterocycles. The lowest BCUT2D eigenvalue weighted by atomic mass is 9.72. The van der Waals surface area contributed by atoms with Crippen molar-refractivity contribution in [1.82, 2.24) is 0 Å². The van der Waals surface area contributed by atoms with Crippen molar-refractivity contribution < 1.29 is 38.1 Å². The van der Waals surface area contributed by atoms with Gasteiger partial charge in [0.1, 0.15) is 11.7 Å². The topological polar surface area (TPSA) is 97.4 Å². The molecule has 2 aliphatic rings. The van der Waals surface area contributed by atoms with Gasteiger partial charge >= 0.3 is 17.9 Å². The second-order valence-electron chi connectivity index (χ2n) is 6.58. The minimum atomic E-state index is -1.11. The van der Waals surface area contributed by atoms with Crippen LogP contribution in [0.4, 0.5) is 0 Å². The van der Waals surface area contributed by atoms with Gasteiger partial charge in [-0.1, -0.05) is 18.2 Å². The van der Waals surface area contributed by atoms with Crippen molar-refractivity contribution >= 4 is 17.9 Å². The largest absolute Gasteiger partial charge is 0.456 e. The molecule has 1 aliphatic heterocycles. The summed E-state index contributed by atoms with van der Waals surface area (Å²) in [7, 11) is 1.40. The second kappa shape index (κ2) is 7.66. The Morgan fingerprint density at radius 2 is 1.70 bits per heavy atom. The number of ether oxygens (including phenoxy) is 5. The second-order valence-corrected chi connectivity index (χ2v) is 6.58. The molecule has 1 aromatic carbocycles. The Morgan fingerprint density at radius 1 is 1.04 bits per heavy atom. The van der Waals surface area contributed by atoms with E-state index in [1.807, 2.05) is 0 Å². The molecule has 0 aromatic heterocycles. The molecular formula is C19H22O8. The van der Waals surface area contributed by atoms with Crippen molar-refractivity contribution in [2.75, 3.05) is 7.11 Å². The van der Waals surface area contributed by atoms with Crippen LogP contribution in [-0.4, -0.2) is 55.2 Å². The van der Waals surface area contributed by atoms with E-state index in [1.54, 1.807) is 30.3 Å². The number of carbonyl (C=O) groups excluding carboxylic acids is 3. The zero-order valence-electron chi connectivity index (χ0n) is 15.4. The third-order valence-electron chi connectivity index (χ3n) is 4.81. The van der Waals surface area contributed by atoms with Crippen molar-refractivity contribution in [2.45, 2.75) is 56.9 Å². The highest BCUT2D eigenvalue weighted by Crippen LogP contribution is 2.50. The van der Waals surface area contributed by atoms with Gasteiger partial charge in [-0.25, -0.2) is 4.79 Å². The van der Waals surface area contributed by atoms with Crippen molar-refractivity contribution in [3.05, 3.63) is 35.9 Å². The fourth-order valence-electron chi connectivity index (χ4n) is 3.55. The van der Waals surface area contributed by atoms with E-state index >= 15 is 0 Å². The first-order valence-corrected chi connectivity index (χ1v) is 8.68. The molecule has 5 atom stereocenters. The molecule has 1 aromatic rings. The molecule has 0 N–H and O–H groups in total. The van der Waals surface area contributed by atoms with E-state index in [2.05, 4.69) is 0 Å². The predicted octanol–water partition coefficient (Wildman–Crippen LogP) is 1.61. The lowest BCUT2D eigenvalue weighted by Crippen LogP contribution is -2.62. The van der Waals surface area contributed by atoms with Gasteiger partial charge in [-0.2, -0.15) is 0 Å². The Hall–Kier alpha value is -2.45. The van der Waals surface area contributed by atoms with Gasteiger partial charge in [0.05, 0.1) is 5.56 Å². The SMILES string of the molecule is CO[C@@H]1O[C@@]2(CC[C@@H]2OC(=O)c2ccccc2)[C@H](OC(C)=O)C1OC(C)=O. The summed E-state index contributed by atoms with van der Waals surface area (Å²) in [6.45, 7) is 2.50. The highest BCUT2D eigenvalue weighted by Gasteiger charge is 2.68. The van der Waals surface area contributed by atoms with Gasteiger partial charge in [0.25, 0.3) is 0 Å². The fraction of sp³-hybridized carbons (Fsp3) is 0.526. The first kappa shape index (κ1) is 19.3. The average molecular weight is 378 g/mol. The smallest absolute Gasteiger partial charge is 0.338 e. The van der Waals surface area contributed by atoms with Crippen LogP contribution in [0, 0.1) is 0 Å². The maximum atomic E-state index is 12.4. The monoisotopic (exact) mass is 378 g/mol. The highest BCUT2D eigenvalue weighted by molar-refractivity contribution is 5.89. The van der Waals surface area contributed by atoms with E-state index in [-0.39, 0.29) is 0 Å². The molecular weight excluding hydrogens is 356 g/mol. The molecule has 27 heavy (non-hydrogen) atoms. The summed E-state index contributed by atoms with van der Waals surface area (Å²) in [6.07, 6.45) is -2.49. The number of hydrogen-bond acceptors (Lipinski definition) is 8. The average Bonchev–Trinajstić information content (AvgIpc) is 2.94.